The van der Waals surface area contributed by atoms with Crippen molar-refractivity contribution in [2.75, 3.05) is 34.4 Å². The summed E-state index contributed by atoms with van der Waals surface area (Å²) in [5, 5.41) is 3.99. The molecule has 1 fully saturated rings. The summed E-state index contributed by atoms with van der Waals surface area (Å²) in [6.07, 6.45) is 0.798. The van der Waals surface area contributed by atoms with E-state index in [-0.39, 0.29) is 11.9 Å². The van der Waals surface area contributed by atoms with Gasteiger partial charge in [0.15, 0.2) is 10.8 Å². The lowest BCUT2D eigenvalue weighted by atomic mass is 9.78. The van der Waals surface area contributed by atoms with Gasteiger partial charge in [-0.25, -0.2) is 0 Å². The minimum atomic E-state index is -0.837. The van der Waals surface area contributed by atoms with E-state index in [9.17, 15) is 4.79 Å². The van der Waals surface area contributed by atoms with Gasteiger partial charge < -0.3 is 24.6 Å². The van der Waals surface area contributed by atoms with E-state index in [1.54, 1.807) is 26.1 Å². The van der Waals surface area contributed by atoms with Gasteiger partial charge in [-0.2, -0.15) is 0 Å². The van der Waals surface area contributed by atoms with Crippen LogP contribution in [-0.4, -0.2) is 60.9 Å². The van der Waals surface area contributed by atoms with Crippen LogP contribution in [-0.2, 0) is 9.53 Å². The van der Waals surface area contributed by atoms with E-state index in [0.717, 1.165) is 17.7 Å². The highest BCUT2D eigenvalue weighted by Gasteiger charge is 2.58. The van der Waals surface area contributed by atoms with Crippen LogP contribution < -0.4 is 10.1 Å². The number of nitrogens with zero attached hydrogens (tertiary/aromatic N) is 2. The lowest BCUT2D eigenvalue weighted by Crippen LogP contribution is -2.72. The van der Waals surface area contributed by atoms with E-state index in [2.05, 4.69) is 5.32 Å². The minimum absolute atomic E-state index is 0.0220. The maximum absolute atomic E-state index is 13.0. The molecule has 136 valence electrons. The van der Waals surface area contributed by atoms with Crippen molar-refractivity contribution in [1.29, 1.82) is 0 Å². The molecule has 3 atom stereocenters. The number of ether oxygens (including phenoxy) is 2. The fourth-order valence-corrected chi connectivity index (χ4v) is 4.14. The second-order valence-electron chi connectivity index (χ2n) is 6.83. The lowest BCUT2D eigenvalue weighted by molar-refractivity contribution is -0.161. The van der Waals surface area contributed by atoms with Crippen LogP contribution in [0.5, 0.6) is 5.75 Å². The highest BCUT2D eigenvalue weighted by Crippen LogP contribution is 2.48. The van der Waals surface area contributed by atoms with E-state index in [4.69, 9.17) is 21.7 Å². The summed E-state index contributed by atoms with van der Waals surface area (Å²) in [5.74, 6) is 0.421. The number of hydrogen-bond acceptors (Lipinski definition) is 4. The molecule has 0 spiro atoms. The topological polar surface area (TPSA) is 54.0 Å². The third-order valence-corrected chi connectivity index (χ3v) is 5.32. The average Bonchev–Trinajstić information content (AvgIpc) is 2.57. The van der Waals surface area contributed by atoms with Gasteiger partial charge in [-0.1, -0.05) is 18.2 Å². The Bertz CT molecular complexity index is 681. The molecule has 25 heavy (non-hydrogen) atoms. The summed E-state index contributed by atoms with van der Waals surface area (Å²) in [6.45, 7) is 3.24. The van der Waals surface area contributed by atoms with E-state index in [1.165, 1.54) is 0 Å². The predicted octanol–water partition coefficient (Wildman–Crippen LogP) is 1.77. The lowest BCUT2D eigenvalue weighted by Gasteiger charge is -2.56. The largest absolute Gasteiger partial charge is 0.467 e. The quantitative estimate of drug-likeness (QED) is 0.636. The standard InChI is InChI=1S/C18H25N3O3S/c1-18-14(16(22)20(2)3)15(12-8-5-6-9-13(12)24-18)19-17(25)21(18)10-7-11-23-4/h5-6,8-9,14-15H,7,10-11H2,1-4H3,(H,19,25)/t14-,15+,18+/m0/s1. The maximum atomic E-state index is 13.0. The van der Waals surface area contributed by atoms with Crippen LogP contribution >= 0.6 is 12.2 Å². The fraction of sp³-hybridized carbons (Fsp3) is 0.556. The van der Waals surface area contributed by atoms with Crippen molar-refractivity contribution in [3.05, 3.63) is 29.8 Å². The highest BCUT2D eigenvalue weighted by molar-refractivity contribution is 7.80. The number of para-hydroxylation sites is 1. The summed E-state index contributed by atoms with van der Waals surface area (Å²) >= 11 is 5.61. The number of rotatable bonds is 5. The van der Waals surface area contributed by atoms with Gasteiger partial charge in [-0.15, -0.1) is 0 Å². The second kappa shape index (κ2) is 6.80. The summed E-state index contributed by atoms with van der Waals surface area (Å²) in [7, 11) is 5.22. The van der Waals surface area contributed by atoms with Crippen LogP contribution in [0.15, 0.2) is 24.3 Å². The van der Waals surface area contributed by atoms with E-state index in [0.29, 0.717) is 18.3 Å². The van der Waals surface area contributed by atoms with Gasteiger partial charge in [0.2, 0.25) is 5.91 Å². The molecular weight excluding hydrogens is 338 g/mol. The zero-order chi connectivity index (χ0) is 18.2. The van der Waals surface area contributed by atoms with Gasteiger partial charge in [-0.3, -0.25) is 4.79 Å². The minimum Gasteiger partial charge on any atom is -0.467 e. The smallest absolute Gasteiger partial charge is 0.233 e. The zero-order valence-electron chi connectivity index (χ0n) is 15.1. The van der Waals surface area contributed by atoms with Crippen LogP contribution in [0.1, 0.15) is 24.9 Å². The Hall–Kier alpha value is -1.86. The SMILES string of the molecule is COCCCN1C(=S)N[C@@H]2c3ccccc3O[C@]1(C)[C@@H]2C(=O)N(C)C. The summed E-state index contributed by atoms with van der Waals surface area (Å²) < 4.78 is 11.6. The van der Waals surface area contributed by atoms with E-state index < -0.39 is 11.6 Å². The van der Waals surface area contributed by atoms with Crippen molar-refractivity contribution in [2.24, 2.45) is 5.92 Å². The molecule has 3 rings (SSSR count). The van der Waals surface area contributed by atoms with Gasteiger partial charge in [0, 0.05) is 39.9 Å². The van der Waals surface area contributed by atoms with Crippen molar-refractivity contribution in [1.82, 2.24) is 15.1 Å². The van der Waals surface area contributed by atoms with E-state index >= 15 is 0 Å². The monoisotopic (exact) mass is 363 g/mol. The molecule has 1 saturated heterocycles. The number of amides is 1. The fourth-order valence-electron chi connectivity index (χ4n) is 3.74. The molecule has 1 aromatic carbocycles. The van der Waals surface area contributed by atoms with Gasteiger partial charge in [0.05, 0.1) is 6.04 Å². The normalized spacial score (nSPS) is 27.2. The summed E-state index contributed by atoms with van der Waals surface area (Å²) in [4.78, 5) is 16.6. The Balaban J connectivity index is 2.05. The number of methoxy groups -OCH3 is 1. The number of carbonyl (C=O) groups is 1. The Kier molecular flexibility index (Phi) is 4.88. The summed E-state index contributed by atoms with van der Waals surface area (Å²) in [5.41, 5.74) is 0.135. The van der Waals surface area contributed by atoms with Gasteiger partial charge >= 0.3 is 0 Å². The Morgan fingerprint density at radius 2 is 2.16 bits per heavy atom. The molecule has 0 unspecified atom stereocenters. The van der Waals surface area contributed by atoms with Crippen LogP contribution in [0.25, 0.3) is 0 Å². The molecule has 0 saturated carbocycles. The van der Waals surface area contributed by atoms with Crippen molar-refractivity contribution in [2.45, 2.75) is 25.1 Å². The zero-order valence-corrected chi connectivity index (χ0v) is 15.9. The molecule has 0 radical (unpaired) electrons. The van der Waals surface area contributed by atoms with Crippen LogP contribution in [0.2, 0.25) is 0 Å². The van der Waals surface area contributed by atoms with E-state index in [1.807, 2.05) is 36.1 Å². The number of thiocarbonyl (C=S) groups is 1. The molecule has 0 aromatic heterocycles. The number of nitrogens with one attached hydrogen (secondary N) is 1. The first-order valence-corrected chi connectivity index (χ1v) is 8.87. The van der Waals surface area contributed by atoms with Crippen molar-refractivity contribution in [3.63, 3.8) is 0 Å². The van der Waals surface area contributed by atoms with Crippen molar-refractivity contribution < 1.29 is 14.3 Å². The van der Waals surface area contributed by atoms with Crippen LogP contribution in [0, 0.1) is 5.92 Å². The molecule has 7 heteroatoms. The Morgan fingerprint density at radius 1 is 1.44 bits per heavy atom. The molecule has 1 amide bonds. The maximum Gasteiger partial charge on any atom is 0.233 e. The Morgan fingerprint density at radius 3 is 2.84 bits per heavy atom. The third kappa shape index (κ3) is 2.95. The predicted molar refractivity (Wildman–Crippen MR) is 99.3 cm³/mol. The van der Waals surface area contributed by atoms with Gasteiger partial charge in [0.25, 0.3) is 0 Å². The highest BCUT2D eigenvalue weighted by atomic mass is 32.1. The first-order chi connectivity index (χ1) is 11.9. The molecule has 2 bridgehead atoms. The molecule has 6 nitrogen and oxygen atoms in total. The average molecular weight is 363 g/mol. The van der Waals surface area contributed by atoms with Crippen LogP contribution in [0.3, 0.4) is 0 Å². The second-order valence-corrected chi connectivity index (χ2v) is 7.22. The van der Waals surface area contributed by atoms with Crippen LogP contribution in [0.4, 0.5) is 0 Å². The Labute approximate surface area is 154 Å². The first-order valence-electron chi connectivity index (χ1n) is 8.46. The van der Waals surface area contributed by atoms with Crippen molar-refractivity contribution in [3.8, 4) is 5.75 Å². The number of fused-ring (bicyclic) bond motifs is 4. The first kappa shape index (κ1) is 17.9. The van der Waals surface area contributed by atoms with Crippen molar-refractivity contribution >= 4 is 23.2 Å². The number of carbonyl (C=O) groups excluding carboxylic acids is 1. The third-order valence-electron chi connectivity index (χ3n) is 4.98. The number of benzene rings is 1. The molecule has 1 aromatic rings. The number of hydrogen-bond donors (Lipinski definition) is 1. The molecule has 2 aliphatic rings. The molecule has 0 aliphatic carbocycles. The molecule has 2 heterocycles. The molecule has 1 N–H and O–H groups in total. The molecular formula is C18H25N3O3S. The van der Waals surface area contributed by atoms with Gasteiger partial charge in [-0.05, 0) is 31.6 Å². The van der Waals surface area contributed by atoms with Gasteiger partial charge in [0.1, 0.15) is 11.7 Å². The molecule has 2 aliphatic heterocycles. The summed E-state index contributed by atoms with van der Waals surface area (Å²) in [6, 6.07) is 7.64.